The smallest absolute Gasteiger partial charge is 0.328 e. The second-order valence-electron chi connectivity index (χ2n) is 9.06. The van der Waals surface area contributed by atoms with E-state index in [1.54, 1.807) is 13.3 Å². The number of unbranched alkanes of at least 4 members (excludes halogenated alkanes) is 1. The van der Waals surface area contributed by atoms with Crippen molar-refractivity contribution in [2.75, 3.05) is 33.4 Å². The average molecular weight is 551 g/mol. The molecule has 0 saturated carbocycles. The average Bonchev–Trinajstić information content (AvgIpc) is 3.44. The molecule has 0 bridgehead atoms. The van der Waals surface area contributed by atoms with Crippen molar-refractivity contribution in [3.05, 3.63) is 62.9 Å². The zero-order valence-electron chi connectivity index (χ0n) is 19.8. The van der Waals surface area contributed by atoms with Gasteiger partial charge in [0, 0.05) is 43.2 Å². The summed E-state index contributed by atoms with van der Waals surface area (Å²) >= 11 is 1.38. The van der Waals surface area contributed by atoms with E-state index in [9.17, 15) is 9.59 Å². The molecule has 192 valence electrons. The molecule has 0 radical (unpaired) electrons. The number of nitrogens with zero attached hydrogens (tertiary/aromatic N) is 3. The van der Waals surface area contributed by atoms with Crippen LogP contribution in [-0.4, -0.2) is 52.8 Å². The summed E-state index contributed by atoms with van der Waals surface area (Å²) in [5.74, 6) is 2.71. The summed E-state index contributed by atoms with van der Waals surface area (Å²) in [5.41, 5.74) is 1.82. The number of methoxy groups -OCH3 is 1. The zero-order chi connectivity index (χ0) is 23.2. The first-order chi connectivity index (χ1) is 16.6. The van der Waals surface area contributed by atoms with Gasteiger partial charge in [-0.15, -0.1) is 36.2 Å². The normalized spacial score (nSPS) is 18.7. The van der Waals surface area contributed by atoms with E-state index in [0.29, 0.717) is 34.1 Å². The summed E-state index contributed by atoms with van der Waals surface area (Å²) in [5, 5.41) is 0. The second kappa shape index (κ2) is 10.8. The molecule has 6 rings (SSSR count). The predicted molar refractivity (Wildman–Crippen MR) is 147 cm³/mol. The van der Waals surface area contributed by atoms with Crippen LogP contribution >= 0.6 is 36.2 Å². The van der Waals surface area contributed by atoms with Crippen molar-refractivity contribution < 1.29 is 9.47 Å². The highest BCUT2D eigenvalue weighted by Crippen LogP contribution is 2.46. The van der Waals surface area contributed by atoms with E-state index in [4.69, 9.17) is 9.47 Å². The van der Waals surface area contributed by atoms with Gasteiger partial charge in [0.1, 0.15) is 21.7 Å². The lowest BCUT2D eigenvalue weighted by molar-refractivity contribution is 0.209. The van der Waals surface area contributed by atoms with Crippen molar-refractivity contribution in [2.24, 2.45) is 5.92 Å². The van der Waals surface area contributed by atoms with E-state index in [1.807, 2.05) is 30.3 Å². The predicted octanol–water partition coefficient (Wildman–Crippen LogP) is 4.04. The van der Waals surface area contributed by atoms with E-state index >= 15 is 0 Å². The topological polar surface area (TPSA) is 89.5 Å². The summed E-state index contributed by atoms with van der Waals surface area (Å²) in [4.78, 5) is 35.3. The highest BCUT2D eigenvalue weighted by atomic mass is 35.5. The monoisotopic (exact) mass is 550 g/mol. The number of aromatic amines is 1. The molecule has 5 heterocycles. The van der Waals surface area contributed by atoms with Gasteiger partial charge in [-0.25, -0.2) is 4.79 Å². The Balaban J connectivity index is 0.00000152. The van der Waals surface area contributed by atoms with E-state index in [-0.39, 0.29) is 36.1 Å². The zero-order valence-corrected chi connectivity index (χ0v) is 22.2. The summed E-state index contributed by atoms with van der Waals surface area (Å²) in [6.07, 6.45) is 3.35. The second-order valence-corrected chi connectivity index (χ2v) is 10.1. The molecule has 11 heteroatoms. The van der Waals surface area contributed by atoms with E-state index < -0.39 is 0 Å². The number of hydrogen-bond donors (Lipinski definition) is 1. The number of pyridine rings is 1. The van der Waals surface area contributed by atoms with Crippen LogP contribution in [0, 0.1) is 5.92 Å². The number of ether oxygens (including phenoxy) is 2. The molecule has 2 atom stereocenters. The maximum absolute atomic E-state index is 13.0. The first-order valence-corrected chi connectivity index (χ1v) is 12.5. The summed E-state index contributed by atoms with van der Waals surface area (Å²) in [6.45, 7) is 4.04. The third-order valence-corrected chi connectivity index (χ3v) is 8.19. The van der Waals surface area contributed by atoms with Crippen LogP contribution in [0.4, 0.5) is 0 Å². The molecule has 1 aromatic carbocycles. The van der Waals surface area contributed by atoms with Gasteiger partial charge in [-0.1, -0.05) is 6.07 Å². The van der Waals surface area contributed by atoms with Gasteiger partial charge in [0.15, 0.2) is 0 Å². The highest BCUT2D eigenvalue weighted by Gasteiger charge is 2.40. The number of aromatic nitrogens is 3. The molecule has 0 amide bonds. The third kappa shape index (κ3) is 4.49. The van der Waals surface area contributed by atoms with Crippen LogP contribution in [0.25, 0.3) is 20.4 Å². The molecule has 0 spiro atoms. The number of benzene rings is 1. The van der Waals surface area contributed by atoms with Crippen molar-refractivity contribution in [2.45, 2.75) is 25.3 Å². The fourth-order valence-electron chi connectivity index (χ4n) is 5.42. The molecule has 4 aromatic rings. The molecule has 2 aliphatic heterocycles. The molecule has 36 heavy (non-hydrogen) atoms. The van der Waals surface area contributed by atoms with Crippen molar-refractivity contribution in [3.8, 4) is 11.5 Å². The maximum atomic E-state index is 13.0. The molecule has 0 unspecified atom stereocenters. The Labute approximate surface area is 224 Å². The van der Waals surface area contributed by atoms with Gasteiger partial charge in [0.05, 0.1) is 23.9 Å². The van der Waals surface area contributed by atoms with Crippen molar-refractivity contribution >= 4 is 56.6 Å². The Morgan fingerprint density at radius 2 is 1.97 bits per heavy atom. The Morgan fingerprint density at radius 3 is 2.81 bits per heavy atom. The Morgan fingerprint density at radius 1 is 1.14 bits per heavy atom. The fourth-order valence-corrected chi connectivity index (χ4v) is 6.49. The van der Waals surface area contributed by atoms with Crippen molar-refractivity contribution in [1.29, 1.82) is 0 Å². The standard InChI is InChI=1S/C25H26N4O4S.2ClH/c1-32-17-6-4-7-18-20(17)16-13-28(12-15(16)14-33-18)10-2-3-11-29-24(30)23-22(27-25(29)31)21-19(34-23)8-5-9-26-21;;/h4-9,15-16H,2-3,10-14H2,1H3,(H,27,31);2*1H/t15-,16-;;/m1../s1. The Kier molecular flexibility index (Phi) is 7.94. The van der Waals surface area contributed by atoms with Gasteiger partial charge >= 0.3 is 5.69 Å². The number of likely N-dealkylation sites (tertiary alicyclic amines) is 1. The quantitative estimate of drug-likeness (QED) is 0.364. The Bertz CT molecular complexity index is 1490. The van der Waals surface area contributed by atoms with E-state index in [1.165, 1.54) is 21.5 Å². The van der Waals surface area contributed by atoms with Crippen LogP contribution in [0.5, 0.6) is 11.5 Å². The number of fused-ring (bicyclic) bond motifs is 6. The van der Waals surface area contributed by atoms with Crippen molar-refractivity contribution in [3.63, 3.8) is 0 Å². The lowest BCUT2D eigenvalue weighted by atomic mass is 9.86. The minimum Gasteiger partial charge on any atom is -0.496 e. The van der Waals surface area contributed by atoms with Gasteiger partial charge in [0.2, 0.25) is 0 Å². The van der Waals surface area contributed by atoms with Gasteiger partial charge in [0.25, 0.3) is 5.56 Å². The third-order valence-electron chi connectivity index (χ3n) is 7.06. The van der Waals surface area contributed by atoms with Crippen LogP contribution < -0.4 is 20.7 Å². The molecular weight excluding hydrogens is 523 g/mol. The van der Waals surface area contributed by atoms with Gasteiger partial charge < -0.3 is 19.4 Å². The maximum Gasteiger partial charge on any atom is 0.328 e. The molecule has 1 saturated heterocycles. The van der Waals surface area contributed by atoms with Crippen LogP contribution in [0.2, 0.25) is 0 Å². The number of hydrogen-bond acceptors (Lipinski definition) is 7. The molecule has 1 N–H and O–H groups in total. The van der Waals surface area contributed by atoms with Gasteiger partial charge in [-0.05, 0) is 43.7 Å². The van der Waals surface area contributed by atoms with Gasteiger partial charge in [-0.3, -0.25) is 14.3 Å². The minimum absolute atomic E-state index is 0. The Hall–Kier alpha value is -2.59. The first kappa shape index (κ1) is 26.5. The molecular formula is C25H28Cl2N4O4S. The fraction of sp³-hybridized carbons (Fsp3) is 0.400. The number of halogens is 2. The molecule has 8 nitrogen and oxygen atoms in total. The van der Waals surface area contributed by atoms with Crippen LogP contribution in [-0.2, 0) is 6.54 Å². The highest BCUT2D eigenvalue weighted by molar-refractivity contribution is 7.25. The lowest BCUT2D eigenvalue weighted by Crippen LogP contribution is -2.34. The number of H-pyrrole nitrogens is 1. The molecule has 0 aliphatic carbocycles. The van der Waals surface area contributed by atoms with E-state index in [0.717, 1.165) is 55.3 Å². The molecule has 2 aliphatic rings. The van der Waals surface area contributed by atoms with E-state index in [2.05, 4.69) is 14.9 Å². The summed E-state index contributed by atoms with van der Waals surface area (Å²) in [6, 6.07) is 9.76. The summed E-state index contributed by atoms with van der Waals surface area (Å²) in [7, 11) is 1.71. The SMILES string of the molecule is COc1cccc2c1[C@@H]1CN(CCCCn3c(=O)[nH]c4c(sc5cccnc54)c3=O)C[C@@H]1CO2.Cl.Cl. The number of rotatable bonds is 6. The van der Waals surface area contributed by atoms with Crippen LogP contribution in [0.15, 0.2) is 46.1 Å². The van der Waals surface area contributed by atoms with Crippen LogP contribution in [0.1, 0.15) is 24.3 Å². The first-order valence-electron chi connectivity index (χ1n) is 11.7. The summed E-state index contributed by atoms with van der Waals surface area (Å²) < 4.78 is 14.4. The van der Waals surface area contributed by atoms with Crippen molar-refractivity contribution in [1.82, 2.24) is 19.4 Å². The lowest BCUT2D eigenvalue weighted by Gasteiger charge is -2.29. The number of thiophene rings is 1. The number of nitrogens with one attached hydrogen (secondary N) is 1. The van der Waals surface area contributed by atoms with Crippen LogP contribution in [0.3, 0.4) is 0 Å². The largest absolute Gasteiger partial charge is 0.496 e. The van der Waals surface area contributed by atoms with Gasteiger partial charge in [-0.2, -0.15) is 0 Å². The molecule has 1 fully saturated rings. The minimum atomic E-state index is -0.365. The molecule has 3 aromatic heterocycles.